The molecule has 2 aromatic heterocycles. The summed E-state index contributed by atoms with van der Waals surface area (Å²) in [5, 5.41) is 17.0. The number of nitrogens with one attached hydrogen (secondary N) is 1. The first-order valence-corrected chi connectivity index (χ1v) is 6.24. The summed E-state index contributed by atoms with van der Waals surface area (Å²) in [5.41, 5.74) is 7.30. The molecule has 0 amide bonds. The van der Waals surface area contributed by atoms with Gasteiger partial charge in [-0.2, -0.15) is 5.26 Å². The Hall–Kier alpha value is -2.72. The number of para-hydroxylation sites is 1. The van der Waals surface area contributed by atoms with Crippen molar-refractivity contribution in [2.75, 3.05) is 5.73 Å². The van der Waals surface area contributed by atoms with Gasteiger partial charge >= 0.3 is 0 Å². The van der Waals surface area contributed by atoms with E-state index in [0.29, 0.717) is 26.5 Å². The summed E-state index contributed by atoms with van der Waals surface area (Å²) >= 11 is 1.31. The maximum Gasteiger partial charge on any atom is 0.232 e. The van der Waals surface area contributed by atoms with Gasteiger partial charge in [0.1, 0.15) is 27.8 Å². The second-order valence-corrected chi connectivity index (χ2v) is 4.71. The van der Waals surface area contributed by atoms with Gasteiger partial charge in [0, 0.05) is 0 Å². The van der Waals surface area contributed by atoms with Gasteiger partial charge in [-0.1, -0.05) is 29.5 Å². The number of nitriles is 1. The first-order valence-electron chi connectivity index (χ1n) is 5.43. The molecule has 0 bridgehead atoms. The molecule has 19 heavy (non-hydrogen) atoms. The molecule has 7 heteroatoms. The molecule has 0 aliphatic rings. The van der Waals surface area contributed by atoms with Gasteiger partial charge in [-0.25, -0.2) is 4.99 Å². The zero-order valence-corrected chi connectivity index (χ0v) is 10.5. The Bertz CT molecular complexity index is 840. The zero-order valence-electron chi connectivity index (χ0n) is 9.66. The number of nitrogen functional groups attached to an aromatic ring is 1. The van der Waals surface area contributed by atoms with Gasteiger partial charge in [0.05, 0.1) is 5.69 Å². The predicted molar refractivity (Wildman–Crippen MR) is 72.6 cm³/mol. The SMILES string of the molecule is N#Cc1c(N)[nH]c2sc(=Nc3ccccc3)nnc12. The number of aromatic amines is 1. The van der Waals surface area contributed by atoms with Crippen LogP contribution in [0.1, 0.15) is 5.56 Å². The Morgan fingerprint density at radius 1 is 1.26 bits per heavy atom. The van der Waals surface area contributed by atoms with E-state index in [1.54, 1.807) is 0 Å². The average Bonchev–Trinajstić information content (AvgIpc) is 2.74. The molecule has 0 fully saturated rings. The largest absolute Gasteiger partial charge is 0.384 e. The van der Waals surface area contributed by atoms with Gasteiger partial charge in [-0.3, -0.25) is 0 Å². The van der Waals surface area contributed by atoms with Crippen molar-refractivity contribution in [3.05, 3.63) is 40.7 Å². The Balaban J connectivity index is 2.19. The average molecular weight is 268 g/mol. The summed E-state index contributed by atoms with van der Waals surface area (Å²) in [6, 6.07) is 11.5. The first kappa shape index (κ1) is 11.4. The Morgan fingerprint density at radius 2 is 2.05 bits per heavy atom. The van der Waals surface area contributed by atoms with Crippen molar-refractivity contribution in [3.63, 3.8) is 0 Å². The third kappa shape index (κ3) is 2.05. The number of nitrogens with two attached hydrogens (primary N) is 1. The van der Waals surface area contributed by atoms with Crippen LogP contribution < -0.4 is 10.5 Å². The van der Waals surface area contributed by atoms with E-state index in [1.165, 1.54) is 11.3 Å². The minimum Gasteiger partial charge on any atom is -0.384 e. The Kier molecular flexibility index (Phi) is 2.70. The van der Waals surface area contributed by atoms with Crippen LogP contribution in [0.5, 0.6) is 0 Å². The van der Waals surface area contributed by atoms with Crippen LogP contribution in [0.25, 0.3) is 10.3 Å². The highest BCUT2D eigenvalue weighted by molar-refractivity contribution is 7.15. The van der Waals surface area contributed by atoms with E-state index < -0.39 is 0 Å². The van der Waals surface area contributed by atoms with Crippen LogP contribution in [0.2, 0.25) is 0 Å². The van der Waals surface area contributed by atoms with Crippen molar-refractivity contribution >= 4 is 33.2 Å². The number of hydrogen-bond donors (Lipinski definition) is 2. The molecule has 3 aromatic rings. The molecule has 1 aromatic carbocycles. The minimum atomic E-state index is 0.305. The molecule has 0 saturated heterocycles. The topological polar surface area (TPSA) is 104 Å². The van der Waals surface area contributed by atoms with Crippen molar-refractivity contribution in [2.45, 2.75) is 0 Å². The van der Waals surface area contributed by atoms with Gasteiger partial charge in [0.25, 0.3) is 0 Å². The summed E-state index contributed by atoms with van der Waals surface area (Å²) in [5.74, 6) is 0.305. The summed E-state index contributed by atoms with van der Waals surface area (Å²) < 4.78 is 0. The van der Waals surface area contributed by atoms with Gasteiger partial charge < -0.3 is 10.7 Å². The van der Waals surface area contributed by atoms with E-state index in [4.69, 9.17) is 11.0 Å². The Labute approximate surface area is 111 Å². The molecule has 3 N–H and O–H groups in total. The van der Waals surface area contributed by atoms with Crippen LogP contribution in [0.4, 0.5) is 11.5 Å². The molecule has 92 valence electrons. The van der Waals surface area contributed by atoms with E-state index in [1.807, 2.05) is 36.4 Å². The molecule has 0 spiro atoms. The maximum absolute atomic E-state index is 8.97. The molecule has 3 rings (SSSR count). The van der Waals surface area contributed by atoms with Crippen molar-refractivity contribution in [3.8, 4) is 6.07 Å². The maximum atomic E-state index is 8.97. The quantitative estimate of drug-likeness (QED) is 0.701. The number of benzene rings is 1. The van der Waals surface area contributed by atoms with Crippen LogP contribution in [0, 0.1) is 11.3 Å². The van der Waals surface area contributed by atoms with Gasteiger partial charge in [0.2, 0.25) is 4.80 Å². The zero-order chi connectivity index (χ0) is 13.2. The molecule has 0 radical (unpaired) electrons. The fourth-order valence-electron chi connectivity index (χ4n) is 1.63. The highest BCUT2D eigenvalue weighted by Crippen LogP contribution is 2.21. The predicted octanol–water partition coefficient (Wildman–Crippen LogP) is 1.71. The number of anilines is 1. The molecule has 2 heterocycles. The lowest BCUT2D eigenvalue weighted by atomic mass is 10.3. The molecule has 6 nitrogen and oxygen atoms in total. The number of rotatable bonds is 1. The van der Waals surface area contributed by atoms with Crippen LogP contribution in [-0.4, -0.2) is 15.2 Å². The lowest BCUT2D eigenvalue weighted by Gasteiger charge is -1.90. The fourth-order valence-corrected chi connectivity index (χ4v) is 2.45. The summed E-state index contributed by atoms with van der Waals surface area (Å²) in [6.45, 7) is 0. The second-order valence-electron chi connectivity index (χ2n) is 3.74. The summed E-state index contributed by atoms with van der Waals surface area (Å²) in [6.07, 6.45) is 0. The van der Waals surface area contributed by atoms with Crippen LogP contribution in [0.15, 0.2) is 35.3 Å². The number of H-pyrrole nitrogens is 1. The van der Waals surface area contributed by atoms with Crippen molar-refractivity contribution in [1.29, 1.82) is 5.26 Å². The van der Waals surface area contributed by atoms with Crippen LogP contribution in [0.3, 0.4) is 0 Å². The number of hydrogen-bond acceptors (Lipinski definition) is 6. The molecular weight excluding hydrogens is 260 g/mol. The molecule has 0 aliphatic carbocycles. The molecule has 0 saturated carbocycles. The van der Waals surface area contributed by atoms with E-state index in [9.17, 15) is 0 Å². The van der Waals surface area contributed by atoms with Crippen molar-refractivity contribution in [1.82, 2.24) is 15.2 Å². The molecule has 0 unspecified atom stereocenters. The number of fused-ring (bicyclic) bond motifs is 1. The van der Waals surface area contributed by atoms with Gasteiger partial charge in [0.15, 0.2) is 0 Å². The minimum absolute atomic E-state index is 0.305. The second kappa shape index (κ2) is 4.51. The highest BCUT2D eigenvalue weighted by atomic mass is 32.1. The van der Waals surface area contributed by atoms with Crippen LogP contribution >= 0.6 is 11.3 Å². The normalized spacial score (nSPS) is 11.6. The van der Waals surface area contributed by atoms with Crippen LogP contribution in [-0.2, 0) is 0 Å². The Morgan fingerprint density at radius 3 is 2.79 bits per heavy atom. The third-order valence-electron chi connectivity index (χ3n) is 2.49. The molecule has 0 atom stereocenters. The fraction of sp³-hybridized carbons (Fsp3) is 0. The monoisotopic (exact) mass is 268 g/mol. The van der Waals surface area contributed by atoms with Gasteiger partial charge in [-0.15, -0.1) is 10.2 Å². The number of aromatic nitrogens is 3. The van der Waals surface area contributed by atoms with E-state index in [-0.39, 0.29) is 0 Å². The van der Waals surface area contributed by atoms with Gasteiger partial charge in [-0.05, 0) is 12.1 Å². The van der Waals surface area contributed by atoms with E-state index in [0.717, 1.165) is 5.69 Å². The van der Waals surface area contributed by atoms with Crippen molar-refractivity contribution in [2.24, 2.45) is 4.99 Å². The standard InChI is InChI=1S/C12H8N6S/c13-6-8-9-11(16-10(8)14)19-12(18-17-9)15-7-4-2-1-3-5-7/h1-5,16H,14H2. The van der Waals surface area contributed by atoms with E-state index in [2.05, 4.69) is 20.2 Å². The summed E-state index contributed by atoms with van der Waals surface area (Å²) in [7, 11) is 0. The smallest absolute Gasteiger partial charge is 0.232 e. The van der Waals surface area contributed by atoms with E-state index >= 15 is 0 Å². The lowest BCUT2D eigenvalue weighted by Crippen LogP contribution is -2.04. The lowest BCUT2D eigenvalue weighted by molar-refractivity contribution is 1.03. The summed E-state index contributed by atoms with van der Waals surface area (Å²) in [4.78, 5) is 8.47. The molecular formula is C12H8N6S. The molecule has 0 aliphatic heterocycles. The third-order valence-corrected chi connectivity index (χ3v) is 3.35. The van der Waals surface area contributed by atoms with Crippen molar-refractivity contribution < 1.29 is 0 Å². The number of nitrogens with zero attached hydrogens (tertiary/aromatic N) is 4. The highest BCUT2D eigenvalue weighted by Gasteiger charge is 2.10. The first-order chi connectivity index (χ1) is 9.28.